The van der Waals surface area contributed by atoms with Gasteiger partial charge in [-0.1, -0.05) is 18.5 Å². The number of hydrogen-bond donors (Lipinski definition) is 1. The van der Waals surface area contributed by atoms with Crippen molar-refractivity contribution >= 4 is 33.3 Å². The number of nitrogens with zero attached hydrogens (tertiary/aromatic N) is 3. The lowest BCUT2D eigenvalue weighted by molar-refractivity contribution is -0.126. The van der Waals surface area contributed by atoms with Gasteiger partial charge in [-0.25, -0.2) is 17.8 Å². The van der Waals surface area contributed by atoms with Crippen molar-refractivity contribution in [3.63, 3.8) is 0 Å². The van der Waals surface area contributed by atoms with Crippen molar-refractivity contribution in [2.45, 2.75) is 55.6 Å². The Morgan fingerprint density at radius 1 is 1.26 bits per heavy atom. The van der Waals surface area contributed by atoms with Gasteiger partial charge < -0.3 is 10.2 Å². The molecule has 12 heteroatoms. The number of pyridine rings is 2. The second-order valence-electron chi connectivity index (χ2n) is 9.27. The Labute approximate surface area is 206 Å². The van der Waals surface area contributed by atoms with Crippen molar-refractivity contribution in [1.82, 2.24) is 20.2 Å². The number of likely N-dealkylation sites (tertiary alicyclic amines) is 1. The molecule has 1 aliphatic heterocycles. The maximum atomic E-state index is 14.5. The van der Waals surface area contributed by atoms with Crippen LogP contribution in [0, 0.1) is 23.6 Å². The molecule has 0 spiro atoms. The Balaban J connectivity index is 1.39. The van der Waals surface area contributed by atoms with E-state index in [9.17, 15) is 26.8 Å². The summed E-state index contributed by atoms with van der Waals surface area (Å²) < 4.78 is 53.0. The van der Waals surface area contributed by atoms with Gasteiger partial charge in [-0.3, -0.25) is 14.6 Å². The summed E-state index contributed by atoms with van der Waals surface area (Å²) in [5.41, 5.74) is -0.137. The number of nitrogens with one attached hydrogen (secondary N) is 1. The van der Waals surface area contributed by atoms with E-state index < -0.39 is 50.7 Å². The second kappa shape index (κ2) is 8.77. The van der Waals surface area contributed by atoms with Crippen LogP contribution in [-0.4, -0.2) is 52.9 Å². The third-order valence-corrected chi connectivity index (χ3v) is 8.97. The van der Waals surface area contributed by atoms with E-state index in [1.807, 2.05) is 0 Å². The molecule has 3 aliphatic rings. The molecular weight excluding hydrogens is 502 g/mol. The number of carbonyl (C=O) groups is 2. The fourth-order valence-electron chi connectivity index (χ4n) is 4.81. The van der Waals surface area contributed by atoms with E-state index in [0.717, 1.165) is 25.3 Å². The molecule has 0 bridgehead atoms. The van der Waals surface area contributed by atoms with Crippen molar-refractivity contribution in [1.29, 1.82) is 0 Å². The Bertz CT molecular complexity index is 1320. The van der Waals surface area contributed by atoms with E-state index in [2.05, 4.69) is 15.3 Å². The number of aromatic nitrogens is 2. The fourth-order valence-corrected chi connectivity index (χ4v) is 5.83. The van der Waals surface area contributed by atoms with Crippen molar-refractivity contribution in [3.05, 3.63) is 52.6 Å². The number of carbonyl (C=O) groups excluding carboxylic acids is 2. The first kappa shape index (κ1) is 24.1. The Morgan fingerprint density at radius 2 is 2.00 bits per heavy atom. The molecule has 186 valence electrons. The van der Waals surface area contributed by atoms with Gasteiger partial charge in [0.1, 0.15) is 11.7 Å². The number of hydrogen-bond acceptors (Lipinski definition) is 6. The van der Waals surface area contributed by atoms with Gasteiger partial charge in [-0.2, -0.15) is 4.39 Å². The predicted octanol–water partition coefficient (Wildman–Crippen LogP) is 3.07. The number of fused-ring (bicyclic) bond motifs is 1. The van der Waals surface area contributed by atoms with Gasteiger partial charge >= 0.3 is 0 Å². The molecule has 2 amide bonds. The first-order valence-electron chi connectivity index (χ1n) is 11.4. The third-order valence-electron chi connectivity index (χ3n) is 6.97. The molecule has 2 aliphatic carbocycles. The predicted molar refractivity (Wildman–Crippen MR) is 121 cm³/mol. The standard InChI is InChI=1S/C23H23ClF2N4O4S/c1-2-35(33,34)13-5-6-27-16(9-13)23(32)30-17-7-12(17)8-18(30)22(31)28-19(11-3-4-11)14-10-15(25)20(24)29-21(14)26/h5-6,9-12,17-19H,2-4,7-8H2,1H3,(H,28,31)/t12-,17-,18-,19-/m1/s1. The lowest BCUT2D eigenvalue weighted by Gasteiger charge is -2.29. The molecule has 1 N–H and O–H groups in total. The average Bonchev–Trinajstić information content (AvgIpc) is 3.77. The number of sulfone groups is 1. The third kappa shape index (κ3) is 4.51. The van der Waals surface area contributed by atoms with Gasteiger partial charge in [0.05, 0.1) is 16.7 Å². The topological polar surface area (TPSA) is 109 Å². The maximum absolute atomic E-state index is 14.5. The zero-order valence-electron chi connectivity index (χ0n) is 18.7. The monoisotopic (exact) mass is 524 g/mol. The van der Waals surface area contributed by atoms with Crippen molar-refractivity contribution in [2.75, 3.05) is 5.75 Å². The van der Waals surface area contributed by atoms with Gasteiger partial charge in [0, 0.05) is 17.8 Å². The summed E-state index contributed by atoms with van der Waals surface area (Å²) in [6, 6.07) is 1.75. The van der Waals surface area contributed by atoms with E-state index in [0.29, 0.717) is 6.42 Å². The highest BCUT2D eigenvalue weighted by molar-refractivity contribution is 7.91. The maximum Gasteiger partial charge on any atom is 0.273 e. The molecule has 3 heterocycles. The summed E-state index contributed by atoms with van der Waals surface area (Å²) in [6.45, 7) is 1.51. The second-order valence-corrected chi connectivity index (χ2v) is 11.9. The summed E-state index contributed by atoms with van der Waals surface area (Å²) in [7, 11) is -3.54. The molecule has 2 aromatic heterocycles. The smallest absolute Gasteiger partial charge is 0.273 e. The van der Waals surface area contributed by atoms with Crippen molar-refractivity contribution < 1.29 is 26.8 Å². The summed E-state index contributed by atoms with van der Waals surface area (Å²) >= 11 is 5.58. The van der Waals surface area contributed by atoms with Crippen molar-refractivity contribution in [3.8, 4) is 0 Å². The SMILES string of the molecule is CCS(=O)(=O)c1ccnc(C(=O)N2[C@@H](C(=O)N[C@@H](c3cc(F)c(Cl)nc3F)C3CC3)C[C@H]3C[C@H]32)c1. The zero-order chi connectivity index (χ0) is 25.1. The normalized spacial score (nSPS) is 24.1. The molecular formula is C23H23ClF2N4O4S. The molecule has 5 rings (SSSR count). The minimum absolute atomic E-state index is 0.00701. The lowest BCUT2D eigenvalue weighted by atomic mass is 10.0. The molecule has 3 fully saturated rings. The molecule has 8 nitrogen and oxygen atoms in total. The molecule has 0 aromatic carbocycles. The molecule has 2 aromatic rings. The molecule has 2 saturated carbocycles. The van der Waals surface area contributed by atoms with Crippen LogP contribution < -0.4 is 5.32 Å². The van der Waals surface area contributed by atoms with Crippen molar-refractivity contribution in [2.24, 2.45) is 11.8 Å². The molecule has 4 atom stereocenters. The summed E-state index contributed by atoms with van der Waals surface area (Å²) in [5.74, 6) is -2.88. The Hall–Kier alpha value is -2.66. The van der Waals surface area contributed by atoms with Crippen LogP contribution in [0.15, 0.2) is 29.3 Å². The van der Waals surface area contributed by atoms with Gasteiger partial charge in [0.25, 0.3) is 5.91 Å². The molecule has 0 radical (unpaired) electrons. The largest absolute Gasteiger partial charge is 0.347 e. The number of amides is 2. The van der Waals surface area contributed by atoms with Crippen LogP contribution in [0.1, 0.15) is 54.7 Å². The van der Waals surface area contributed by atoms with Gasteiger partial charge in [0.15, 0.2) is 20.8 Å². The summed E-state index contributed by atoms with van der Waals surface area (Å²) in [5, 5.41) is 2.22. The zero-order valence-corrected chi connectivity index (χ0v) is 20.3. The van der Waals surface area contributed by atoms with E-state index in [1.54, 1.807) is 0 Å². The van der Waals surface area contributed by atoms with E-state index in [4.69, 9.17) is 11.6 Å². The van der Waals surface area contributed by atoms with E-state index in [-0.39, 0.29) is 39.8 Å². The van der Waals surface area contributed by atoms with Crippen LogP contribution in [0.4, 0.5) is 8.78 Å². The van der Waals surface area contributed by atoms with Crippen LogP contribution in [0.5, 0.6) is 0 Å². The van der Waals surface area contributed by atoms with Gasteiger partial charge in [-0.15, -0.1) is 0 Å². The lowest BCUT2D eigenvalue weighted by Crippen LogP contribution is -2.49. The minimum atomic E-state index is -3.54. The first-order valence-corrected chi connectivity index (χ1v) is 13.5. The minimum Gasteiger partial charge on any atom is -0.347 e. The summed E-state index contributed by atoms with van der Waals surface area (Å²) in [6.07, 6.45) is 3.91. The molecule has 1 saturated heterocycles. The van der Waals surface area contributed by atoms with Crippen LogP contribution in [0.2, 0.25) is 5.15 Å². The first-order chi connectivity index (χ1) is 16.6. The van der Waals surface area contributed by atoms with Crippen LogP contribution in [0.25, 0.3) is 0 Å². The Kier molecular flexibility index (Phi) is 6.03. The highest BCUT2D eigenvalue weighted by Crippen LogP contribution is 2.49. The van der Waals surface area contributed by atoms with Crippen LogP contribution >= 0.6 is 11.6 Å². The molecule has 0 unspecified atom stereocenters. The van der Waals surface area contributed by atoms with Crippen LogP contribution in [-0.2, 0) is 14.6 Å². The average molecular weight is 525 g/mol. The number of rotatable bonds is 7. The van der Waals surface area contributed by atoms with Crippen LogP contribution in [0.3, 0.4) is 0 Å². The number of piperidine rings is 1. The van der Waals surface area contributed by atoms with E-state index in [1.165, 1.54) is 30.2 Å². The van der Waals surface area contributed by atoms with Gasteiger partial charge in [0.2, 0.25) is 11.9 Å². The number of halogens is 3. The summed E-state index contributed by atoms with van der Waals surface area (Å²) in [4.78, 5) is 35.6. The quantitative estimate of drug-likeness (QED) is 0.557. The van der Waals surface area contributed by atoms with E-state index >= 15 is 0 Å². The fraction of sp³-hybridized carbons (Fsp3) is 0.478. The molecule has 35 heavy (non-hydrogen) atoms. The van der Waals surface area contributed by atoms with Gasteiger partial charge in [-0.05, 0) is 55.7 Å². The Morgan fingerprint density at radius 3 is 2.69 bits per heavy atom. The highest BCUT2D eigenvalue weighted by atomic mass is 35.5. The highest BCUT2D eigenvalue weighted by Gasteiger charge is 2.56.